The number of carbonyl (C=O) groups excluding carboxylic acids is 1. The van der Waals surface area contributed by atoms with E-state index in [1.54, 1.807) is 29.4 Å². The molecule has 0 atom stereocenters. The fourth-order valence-electron chi connectivity index (χ4n) is 3.06. The van der Waals surface area contributed by atoms with Crippen LogP contribution in [-0.4, -0.2) is 53.8 Å². The van der Waals surface area contributed by atoms with E-state index in [0.717, 1.165) is 5.82 Å². The molecule has 0 radical (unpaired) electrons. The maximum absolute atomic E-state index is 12.4. The van der Waals surface area contributed by atoms with Crippen molar-refractivity contribution >= 4 is 34.9 Å². The molecule has 150 valence electrons. The number of aromatic nitrogens is 2. The number of piperazine rings is 1. The molecule has 1 amide bonds. The lowest BCUT2D eigenvalue weighted by molar-refractivity contribution is -0.133. The maximum Gasteiger partial charge on any atom is 0.260 e. The van der Waals surface area contributed by atoms with Crippen molar-refractivity contribution in [3.63, 3.8) is 0 Å². The fraction of sp³-hybridized carbons (Fsp3) is 0.250. The molecule has 9 heteroatoms. The smallest absolute Gasteiger partial charge is 0.260 e. The van der Waals surface area contributed by atoms with Crippen LogP contribution >= 0.6 is 23.2 Å². The van der Waals surface area contributed by atoms with Crippen molar-refractivity contribution in [3.05, 3.63) is 58.8 Å². The summed E-state index contributed by atoms with van der Waals surface area (Å²) in [7, 11) is 0. The van der Waals surface area contributed by atoms with Crippen LogP contribution in [0.15, 0.2) is 53.1 Å². The molecule has 7 nitrogen and oxygen atoms in total. The molecule has 3 aromatic rings. The molecule has 1 saturated heterocycles. The average Bonchev–Trinajstić information content (AvgIpc) is 3.28. The van der Waals surface area contributed by atoms with Gasteiger partial charge in [0.15, 0.2) is 18.2 Å². The summed E-state index contributed by atoms with van der Waals surface area (Å²) < 4.78 is 10.9. The van der Waals surface area contributed by atoms with Crippen molar-refractivity contribution in [1.29, 1.82) is 0 Å². The van der Waals surface area contributed by atoms with Crippen molar-refractivity contribution in [2.75, 3.05) is 37.7 Å². The topological polar surface area (TPSA) is 71.7 Å². The predicted molar refractivity (Wildman–Crippen MR) is 110 cm³/mol. The monoisotopic (exact) mass is 432 g/mol. The van der Waals surface area contributed by atoms with E-state index in [1.807, 2.05) is 24.3 Å². The molecule has 0 saturated carbocycles. The van der Waals surface area contributed by atoms with Gasteiger partial charge in [0, 0.05) is 31.2 Å². The standard InChI is InChI=1S/C20H18Cl2N4O3/c21-14-3-5-17(15(22)12-14)29-13-20(27)26-9-7-25(8-10-26)19-6-4-16(23-24-19)18-2-1-11-28-18/h1-6,11-12H,7-10,13H2. The maximum atomic E-state index is 12.4. The summed E-state index contributed by atoms with van der Waals surface area (Å²) >= 11 is 11.9. The van der Waals surface area contributed by atoms with E-state index < -0.39 is 0 Å². The summed E-state index contributed by atoms with van der Waals surface area (Å²) in [6, 6.07) is 12.3. The summed E-state index contributed by atoms with van der Waals surface area (Å²) in [6.07, 6.45) is 1.60. The van der Waals surface area contributed by atoms with Gasteiger partial charge in [0.1, 0.15) is 11.4 Å². The Kier molecular flexibility index (Phi) is 5.87. The van der Waals surface area contributed by atoms with E-state index in [-0.39, 0.29) is 12.5 Å². The summed E-state index contributed by atoms with van der Waals surface area (Å²) in [4.78, 5) is 16.3. The molecule has 1 aliphatic heterocycles. The first-order valence-electron chi connectivity index (χ1n) is 9.08. The van der Waals surface area contributed by atoms with Gasteiger partial charge in [-0.2, -0.15) is 0 Å². The summed E-state index contributed by atoms with van der Waals surface area (Å²) in [6.45, 7) is 2.43. The molecular weight excluding hydrogens is 415 g/mol. The lowest BCUT2D eigenvalue weighted by Crippen LogP contribution is -2.50. The Bertz CT molecular complexity index is 972. The second kappa shape index (κ2) is 8.71. The van der Waals surface area contributed by atoms with Crippen LogP contribution < -0.4 is 9.64 Å². The first-order chi connectivity index (χ1) is 14.1. The Morgan fingerprint density at radius 2 is 1.90 bits per heavy atom. The molecule has 0 unspecified atom stereocenters. The number of benzene rings is 1. The second-order valence-electron chi connectivity index (χ2n) is 6.49. The summed E-state index contributed by atoms with van der Waals surface area (Å²) in [5.41, 5.74) is 0.686. The first-order valence-corrected chi connectivity index (χ1v) is 9.84. The Morgan fingerprint density at radius 1 is 1.07 bits per heavy atom. The number of carbonyl (C=O) groups is 1. The van der Waals surface area contributed by atoms with E-state index in [2.05, 4.69) is 15.1 Å². The zero-order valence-electron chi connectivity index (χ0n) is 15.4. The minimum atomic E-state index is -0.0880. The van der Waals surface area contributed by atoms with Crippen molar-refractivity contribution in [2.45, 2.75) is 0 Å². The van der Waals surface area contributed by atoms with Gasteiger partial charge in [-0.15, -0.1) is 10.2 Å². The van der Waals surface area contributed by atoms with Crippen molar-refractivity contribution in [3.8, 4) is 17.2 Å². The average molecular weight is 433 g/mol. The minimum Gasteiger partial charge on any atom is -0.482 e. The van der Waals surface area contributed by atoms with Gasteiger partial charge in [0.05, 0.1) is 11.3 Å². The molecule has 3 heterocycles. The van der Waals surface area contributed by atoms with E-state index in [9.17, 15) is 4.79 Å². The van der Waals surface area contributed by atoms with Crippen LogP contribution in [0, 0.1) is 0 Å². The van der Waals surface area contributed by atoms with Crippen LogP contribution in [0.4, 0.5) is 5.82 Å². The van der Waals surface area contributed by atoms with Gasteiger partial charge in [-0.1, -0.05) is 23.2 Å². The number of nitrogens with zero attached hydrogens (tertiary/aromatic N) is 4. The van der Waals surface area contributed by atoms with Crippen molar-refractivity contribution < 1.29 is 13.9 Å². The quantitative estimate of drug-likeness (QED) is 0.610. The predicted octanol–water partition coefficient (Wildman–Crippen LogP) is 3.77. The molecule has 1 fully saturated rings. The van der Waals surface area contributed by atoms with Crippen LogP contribution in [0.2, 0.25) is 10.0 Å². The van der Waals surface area contributed by atoms with E-state index in [0.29, 0.717) is 53.4 Å². The largest absolute Gasteiger partial charge is 0.482 e. The van der Waals surface area contributed by atoms with Gasteiger partial charge in [-0.05, 0) is 42.5 Å². The third-order valence-corrected chi connectivity index (χ3v) is 5.16. The molecule has 1 aliphatic rings. The Labute approximate surface area is 177 Å². The van der Waals surface area contributed by atoms with E-state index >= 15 is 0 Å². The summed E-state index contributed by atoms with van der Waals surface area (Å²) in [5, 5.41) is 9.40. The molecule has 0 spiro atoms. The molecule has 29 heavy (non-hydrogen) atoms. The number of amides is 1. The molecule has 2 aromatic heterocycles. The van der Waals surface area contributed by atoms with Crippen LogP contribution in [-0.2, 0) is 4.79 Å². The Balaban J connectivity index is 1.29. The van der Waals surface area contributed by atoms with Crippen LogP contribution in [0.25, 0.3) is 11.5 Å². The fourth-order valence-corrected chi connectivity index (χ4v) is 3.52. The number of halogens is 2. The Morgan fingerprint density at radius 3 is 2.55 bits per heavy atom. The Hall–Kier alpha value is -2.77. The molecule has 0 N–H and O–H groups in total. The third-order valence-electron chi connectivity index (χ3n) is 4.63. The molecule has 0 aliphatic carbocycles. The number of hydrogen-bond donors (Lipinski definition) is 0. The van der Waals surface area contributed by atoms with Gasteiger partial charge in [-0.3, -0.25) is 4.79 Å². The molecule has 4 rings (SSSR count). The van der Waals surface area contributed by atoms with Gasteiger partial charge < -0.3 is 19.0 Å². The normalized spacial score (nSPS) is 14.1. The van der Waals surface area contributed by atoms with Gasteiger partial charge in [-0.25, -0.2) is 0 Å². The molecule has 0 bridgehead atoms. The van der Waals surface area contributed by atoms with E-state index in [1.165, 1.54) is 0 Å². The highest BCUT2D eigenvalue weighted by Crippen LogP contribution is 2.27. The number of anilines is 1. The highest BCUT2D eigenvalue weighted by Gasteiger charge is 2.23. The SMILES string of the molecule is O=C(COc1ccc(Cl)cc1Cl)N1CCN(c2ccc(-c3ccco3)nn2)CC1. The van der Waals surface area contributed by atoms with Crippen LogP contribution in [0.1, 0.15) is 0 Å². The lowest BCUT2D eigenvalue weighted by atomic mass is 10.2. The summed E-state index contributed by atoms with van der Waals surface area (Å²) in [5.74, 6) is 1.81. The zero-order valence-corrected chi connectivity index (χ0v) is 16.9. The minimum absolute atomic E-state index is 0.0704. The second-order valence-corrected chi connectivity index (χ2v) is 7.33. The lowest BCUT2D eigenvalue weighted by Gasteiger charge is -2.35. The highest BCUT2D eigenvalue weighted by atomic mass is 35.5. The van der Waals surface area contributed by atoms with Gasteiger partial charge in [0.2, 0.25) is 0 Å². The zero-order chi connectivity index (χ0) is 20.2. The number of furan rings is 1. The van der Waals surface area contributed by atoms with Crippen molar-refractivity contribution in [2.24, 2.45) is 0 Å². The third kappa shape index (κ3) is 4.63. The van der Waals surface area contributed by atoms with Gasteiger partial charge >= 0.3 is 0 Å². The number of rotatable bonds is 5. The highest BCUT2D eigenvalue weighted by molar-refractivity contribution is 6.35. The first kappa shape index (κ1) is 19.5. The van der Waals surface area contributed by atoms with Crippen LogP contribution in [0.5, 0.6) is 5.75 Å². The van der Waals surface area contributed by atoms with E-state index in [4.69, 9.17) is 32.4 Å². The van der Waals surface area contributed by atoms with Gasteiger partial charge in [0.25, 0.3) is 5.91 Å². The van der Waals surface area contributed by atoms with Crippen LogP contribution in [0.3, 0.4) is 0 Å². The number of hydrogen-bond acceptors (Lipinski definition) is 6. The molecule has 1 aromatic carbocycles. The van der Waals surface area contributed by atoms with Crippen molar-refractivity contribution in [1.82, 2.24) is 15.1 Å². The molecular formula is C20H18Cl2N4O3. The number of ether oxygens (including phenoxy) is 1.